The molecule has 0 aromatic heterocycles. The van der Waals surface area contributed by atoms with Crippen LogP contribution in [0.15, 0.2) is 77.7 Å². The predicted molar refractivity (Wildman–Crippen MR) is 133 cm³/mol. The number of nitro groups is 1. The van der Waals surface area contributed by atoms with Crippen LogP contribution in [0.4, 0.5) is 11.4 Å². The molecule has 0 bridgehead atoms. The maximum Gasteiger partial charge on any atom is 0.271 e. The van der Waals surface area contributed by atoms with Gasteiger partial charge >= 0.3 is 0 Å². The Morgan fingerprint density at radius 1 is 0.971 bits per heavy atom. The third-order valence-electron chi connectivity index (χ3n) is 5.99. The minimum absolute atomic E-state index is 0.0393. The van der Waals surface area contributed by atoms with Gasteiger partial charge in [0.05, 0.1) is 15.5 Å². The van der Waals surface area contributed by atoms with E-state index >= 15 is 0 Å². The van der Waals surface area contributed by atoms with E-state index in [1.54, 1.807) is 13.0 Å². The van der Waals surface area contributed by atoms with Gasteiger partial charge in [0.2, 0.25) is 10.0 Å². The zero-order valence-corrected chi connectivity index (χ0v) is 20.1. The van der Waals surface area contributed by atoms with Crippen molar-refractivity contribution in [3.05, 3.63) is 99.6 Å². The number of carbonyl (C=O) groups excluding carboxylic acids is 1. The molecule has 1 aliphatic heterocycles. The molecule has 1 N–H and O–H groups in total. The van der Waals surface area contributed by atoms with E-state index in [9.17, 15) is 23.3 Å². The van der Waals surface area contributed by atoms with Gasteiger partial charge in [-0.1, -0.05) is 42.5 Å². The van der Waals surface area contributed by atoms with Crippen LogP contribution in [0.5, 0.6) is 0 Å². The number of anilines is 1. The first-order valence-corrected chi connectivity index (χ1v) is 12.6. The second-order valence-electron chi connectivity index (χ2n) is 8.40. The number of nitro benzene ring substituents is 1. The Morgan fingerprint density at radius 3 is 2.37 bits per heavy atom. The maximum atomic E-state index is 13.3. The Kier molecular flexibility index (Phi) is 7.25. The van der Waals surface area contributed by atoms with Crippen LogP contribution in [-0.2, 0) is 16.6 Å². The van der Waals surface area contributed by atoms with E-state index in [-0.39, 0.29) is 16.1 Å². The van der Waals surface area contributed by atoms with Crippen LogP contribution in [0.3, 0.4) is 0 Å². The van der Waals surface area contributed by atoms with Crippen LogP contribution in [0.25, 0.3) is 0 Å². The molecule has 1 heterocycles. The number of non-ortho nitro benzene ring substituents is 1. The van der Waals surface area contributed by atoms with E-state index in [1.165, 1.54) is 46.3 Å². The van der Waals surface area contributed by atoms with Crippen molar-refractivity contribution < 1.29 is 18.1 Å². The van der Waals surface area contributed by atoms with Crippen LogP contribution in [0.1, 0.15) is 21.5 Å². The van der Waals surface area contributed by atoms with Gasteiger partial charge < -0.3 is 5.32 Å². The van der Waals surface area contributed by atoms with E-state index in [2.05, 4.69) is 22.3 Å². The summed E-state index contributed by atoms with van der Waals surface area (Å²) in [6.45, 7) is 4.43. The lowest BCUT2D eigenvalue weighted by atomic mass is 10.1. The summed E-state index contributed by atoms with van der Waals surface area (Å²) in [5, 5.41) is 13.7. The minimum atomic E-state index is -3.78. The summed E-state index contributed by atoms with van der Waals surface area (Å²) in [7, 11) is -3.78. The standard InChI is InChI=1S/C25H26N4O5S/c1-19-10-11-22(29(31)32)17-24(19)26-25(30)21-8-5-9-23(16-21)35(33,34)28-14-12-27(13-15-28)18-20-6-3-2-4-7-20/h2-11,16-17H,12-15,18H2,1H3,(H,26,30). The Bertz CT molecular complexity index is 1340. The second-order valence-corrected chi connectivity index (χ2v) is 10.3. The van der Waals surface area contributed by atoms with Crippen LogP contribution >= 0.6 is 0 Å². The molecule has 0 unspecified atom stereocenters. The lowest BCUT2D eigenvalue weighted by molar-refractivity contribution is -0.384. The molecule has 182 valence electrons. The third-order valence-corrected chi connectivity index (χ3v) is 7.89. The van der Waals surface area contributed by atoms with E-state index in [0.29, 0.717) is 37.4 Å². The predicted octanol–water partition coefficient (Wildman–Crippen LogP) is 3.66. The molecule has 3 aromatic carbocycles. The smallest absolute Gasteiger partial charge is 0.271 e. The molecule has 1 saturated heterocycles. The molecule has 0 spiro atoms. The molecule has 10 heteroatoms. The Morgan fingerprint density at radius 2 is 1.69 bits per heavy atom. The zero-order chi connectivity index (χ0) is 25.0. The molecule has 4 rings (SSSR count). The van der Waals surface area contributed by atoms with Crippen molar-refractivity contribution >= 4 is 27.3 Å². The van der Waals surface area contributed by atoms with Gasteiger partial charge in [-0.2, -0.15) is 4.31 Å². The first-order chi connectivity index (χ1) is 16.7. The molecule has 9 nitrogen and oxygen atoms in total. The average Bonchev–Trinajstić information content (AvgIpc) is 2.86. The van der Waals surface area contributed by atoms with Crippen molar-refractivity contribution in [1.82, 2.24) is 9.21 Å². The van der Waals surface area contributed by atoms with Gasteiger partial charge in [-0.15, -0.1) is 0 Å². The summed E-state index contributed by atoms with van der Waals surface area (Å²) in [4.78, 5) is 25.6. The molecule has 1 amide bonds. The molecule has 0 radical (unpaired) electrons. The highest BCUT2D eigenvalue weighted by molar-refractivity contribution is 7.89. The van der Waals surface area contributed by atoms with Gasteiger partial charge in [-0.25, -0.2) is 8.42 Å². The molecular weight excluding hydrogens is 468 g/mol. The first kappa shape index (κ1) is 24.5. The number of benzene rings is 3. The highest BCUT2D eigenvalue weighted by Crippen LogP contribution is 2.24. The van der Waals surface area contributed by atoms with E-state index < -0.39 is 20.9 Å². The summed E-state index contributed by atoms with van der Waals surface area (Å²) < 4.78 is 28.0. The molecule has 0 aliphatic carbocycles. The zero-order valence-electron chi connectivity index (χ0n) is 19.3. The Balaban J connectivity index is 1.45. The summed E-state index contributed by atoms with van der Waals surface area (Å²) >= 11 is 0. The van der Waals surface area contributed by atoms with Gasteiger partial charge in [-0.3, -0.25) is 19.8 Å². The summed E-state index contributed by atoms with van der Waals surface area (Å²) in [5.74, 6) is -0.543. The van der Waals surface area contributed by atoms with E-state index in [0.717, 1.165) is 6.54 Å². The fourth-order valence-corrected chi connectivity index (χ4v) is 5.44. The highest BCUT2D eigenvalue weighted by atomic mass is 32.2. The number of rotatable bonds is 7. The lowest BCUT2D eigenvalue weighted by Crippen LogP contribution is -2.48. The lowest BCUT2D eigenvalue weighted by Gasteiger charge is -2.34. The topological polar surface area (TPSA) is 113 Å². The summed E-state index contributed by atoms with van der Waals surface area (Å²) in [5.41, 5.74) is 2.14. The second kappa shape index (κ2) is 10.3. The van der Waals surface area contributed by atoms with Crippen molar-refractivity contribution in [2.45, 2.75) is 18.4 Å². The van der Waals surface area contributed by atoms with Crippen molar-refractivity contribution in [2.75, 3.05) is 31.5 Å². The van der Waals surface area contributed by atoms with Crippen LogP contribution < -0.4 is 5.32 Å². The molecule has 3 aromatic rings. The van der Waals surface area contributed by atoms with E-state index in [4.69, 9.17) is 0 Å². The Labute approximate surface area is 204 Å². The van der Waals surface area contributed by atoms with E-state index in [1.807, 2.05) is 18.2 Å². The number of hydrogen-bond donors (Lipinski definition) is 1. The van der Waals surface area contributed by atoms with Crippen molar-refractivity contribution in [1.29, 1.82) is 0 Å². The van der Waals surface area contributed by atoms with Gasteiger partial charge in [0, 0.05) is 50.4 Å². The maximum absolute atomic E-state index is 13.3. The molecule has 35 heavy (non-hydrogen) atoms. The van der Waals surface area contributed by atoms with Gasteiger partial charge in [-0.05, 0) is 36.2 Å². The highest BCUT2D eigenvalue weighted by Gasteiger charge is 2.29. The molecular formula is C25H26N4O5S. The molecule has 0 saturated carbocycles. The molecule has 1 aliphatic rings. The quantitative estimate of drug-likeness (QED) is 0.396. The van der Waals surface area contributed by atoms with Crippen molar-refractivity contribution in [3.8, 4) is 0 Å². The molecule has 1 fully saturated rings. The first-order valence-electron chi connectivity index (χ1n) is 11.2. The summed E-state index contributed by atoms with van der Waals surface area (Å²) in [6, 6.07) is 20.1. The monoisotopic (exact) mass is 494 g/mol. The van der Waals surface area contributed by atoms with Crippen LogP contribution in [0, 0.1) is 17.0 Å². The van der Waals surface area contributed by atoms with Gasteiger partial charge in [0.15, 0.2) is 0 Å². The molecule has 0 atom stereocenters. The number of sulfonamides is 1. The number of piperazine rings is 1. The number of aryl methyl sites for hydroxylation is 1. The fraction of sp³-hybridized carbons (Fsp3) is 0.240. The number of nitrogens with one attached hydrogen (secondary N) is 1. The SMILES string of the molecule is Cc1ccc([N+](=O)[O-])cc1NC(=O)c1cccc(S(=O)(=O)N2CCN(Cc3ccccc3)CC2)c1. The fourth-order valence-electron chi connectivity index (χ4n) is 3.97. The number of carbonyl (C=O) groups is 1. The van der Waals surface area contributed by atoms with Gasteiger partial charge in [0.25, 0.3) is 11.6 Å². The number of amides is 1. The average molecular weight is 495 g/mol. The minimum Gasteiger partial charge on any atom is -0.321 e. The summed E-state index contributed by atoms with van der Waals surface area (Å²) in [6.07, 6.45) is 0. The van der Waals surface area contributed by atoms with Crippen molar-refractivity contribution in [3.63, 3.8) is 0 Å². The van der Waals surface area contributed by atoms with Crippen molar-refractivity contribution in [2.24, 2.45) is 0 Å². The van der Waals surface area contributed by atoms with Gasteiger partial charge in [0.1, 0.15) is 0 Å². The largest absolute Gasteiger partial charge is 0.321 e. The number of nitrogens with zero attached hydrogens (tertiary/aromatic N) is 3. The van der Waals surface area contributed by atoms with Crippen LogP contribution in [-0.4, -0.2) is 54.6 Å². The normalized spacial score (nSPS) is 15.0. The third kappa shape index (κ3) is 5.73. The number of hydrogen-bond acceptors (Lipinski definition) is 6. The van der Waals surface area contributed by atoms with Crippen LogP contribution in [0.2, 0.25) is 0 Å². The Hall–Kier alpha value is -3.60.